The van der Waals surface area contributed by atoms with E-state index < -0.39 is 0 Å². The second-order valence-electron chi connectivity index (χ2n) is 5.95. The number of rotatable bonds is 14. The molecule has 0 aliphatic rings. The van der Waals surface area contributed by atoms with Gasteiger partial charge < -0.3 is 0 Å². The van der Waals surface area contributed by atoms with Crippen molar-refractivity contribution in [2.75, 3.05) is 0 Å². The number of hydrogen-bond donors (Lipinski definition) is 0. The Morgan fingerprint density at radius 2 is 0.950 bits per heavy atom. The fourth-order valence-corrected chi connectivity index (χ4v) is 2.44. The quantitative estimate of drug-likeness (QED) is 0.181. The van der Waals surface area contributed by atoms with Crippen LogP contribution in [-0.2, 0) is 0 Å². The van der Waals surface area contributed by atoms with Crippen molar-refractivity contribution < 1.29 is 0 Å². The van der Waals surface area contributed by atoms with Crippen molar-refractivity contribution >= 4 is 0 Å². The Kier molecular flexibility index (Phi) is 17.9. The molecule has 0 aromatic heterocycles. The van der Waals surface area contributed by atoms with Crippen LogP contribution in [0.25, 0.3) is 0 Å². The maximum Gasteiger partial charge on any atom is 0.0850 e. The summed E-state index contributed by atoms with van der Waals surface area (Å²) in [5.41, 5.74) is 0. The molecule has 0 bridgehead atoms. The van der Waals surface area contributed by atoms with Gasteiger partial charge in [-0.2, -0.15) is 0 Å². The molecule has 0 aromatic carbocycles. The van der Waals surface area contributed by atoms with E-state index in [1.165, 1.54) is 83.5 Å². The van der Waals surface area contributed by atoms with Crippen molar-refractivity contribution in [3.8, 4) is 11.8 Å². The van der Waals surface area contributed by atoms with Gasteiger partial charge in [0.15, 0.2) is 0 Å². The molecule has 0 radical (unpaired) electrons. The lowest BCUT2D eigenvalue weighted by molar-refractivity contribution is 0.579. The minimum Gasteiger partial charge on any atom is -0.103 e. The van der Waals surface area contributed by atoms with E-state index in [0.29, 0.717) is 0 Å². The highest BCUT2D eigenvalue weighted by Gasteiger charge is 1.91. The van der Waals surface area contributed by atoms with Gasteiger partial charge in [-0.15, -0.1) is 11.8 Å². The fraction of sp³-hybridized carbons (Fsp3) is 0.850. The summed E-state index contributed by atoms with van der Waals surface area (Å²) in [6.45, 7) is 6.15. The molecule has 0 N–H and O–H groups in total. The van der Waals surface area contributed by atoms with Crippen molar-refractivity contribution in [1.29, 1.82) is 0 Å². The summed E-state index contributed by atoms with van der Waals surface area (Å²) in [6.07, 6.45) is 21.2. The van der Waals surface area contributed by atoms with Crippen molar-refractivity contribution in [2.24, 2.45) is 0 Å². The van der Waals surface area contributed by atoms with Gasteiger partial charge in [-0.25, -0.2) is 0 Å². The van der Waals surface area contributed by atoms with E-state index in [1.54, 1.807) is 0 Å². The minimum absolute atomic E-state index is 1.10. The molecule has 0 amide bonds. The van der Waals surface area contributed by atoms with Crippen LogP contribution < -0.4 is 0 Å². The molecule has 116 valence electrons. The monoisotopic (exact) mass is 277 g/mol. The summed E-state index contributed by atoms with van der Waals surface area (Å²) in [6, 6.07) is 0. The van der Waals surface area contributed by atoms with E-state index in [2.05, 4.69) is 25.7 Å². The molecule has 0 aliphatic carbocycles. The molecule has 0 saturated heterocycles. The summed E-state index contributed by atoms with van der Waals surface area (Å²) in [7, 11) is 0. The van der Waals surface area contributed by atoms with Crippen LogP contribution in [0.1, 0.15) is 110 Å². The highest BCUT2D eigenvalue weighted by molar-refractivity contribution is 4.98. The Balaban J connectivity index is 3.06. The fourth-order valence-electron chi connectivity index (χ4n) is 2.44. The normalized spacial score (nSPS) is 10.2. The SMILES string of the molecule is [CH2+]CCCCCCCC#CCCCCCCCCCC. The molecule has 0 atom stereocenters. The number of hydrogen-bond acceptors (Lipinski definition) is 0. The second-order valence-corrected chi connectivity index (χ2v) is 5.95. The second kappa shape index (κ2) is 18.4. The van der Waals surface area contributed by atoms with Gasteiger partial charge in [0, 0.05) is 12.8 Å². The van der Waals surface area contributed by atoms with Gasteiger partial charge in [0.1, 0.15) is 0 Å². The first-order chi connectivity index (χ1) is 9.91. The first-order valence-corrected chi connectivity index (χ1v) is 9.16. The van der Waals surface area contributed by atoms with Crippen LogP contribution in [0.3, 0.4) is 0 Å². The summed E-state index contributed by atoms with van der Waals surface area (Å²) in [4.78, 5) is 0. The van der Waals surface area contributed by atoms with Gasteiger partial charge in [0.25, 0.3) is 0 Å². The summed E-state index contributed by atoms with van der Waals surface area (Å²) in [5.74, 6) is 6.67. The van der Waals surface area contributed by atoms with E-state index in [9.17, 15) is 0 Å². The van der Waals surface area contributed by atoms with E-state index in [-0.39, 0.29) is 0 Å². The van der Waals surface area contributed by atoms with Gasteiger partial charge in [-0.1, -0.05) is 64.7 Å². The maximum absolute atomic E-state index is 3.87. The van der Waals surface area contributed by atoms with Gasteiger partial charge in [0.2, 0.25) is 0 Å². The van der Waals surface area contributed by atoms with Crippen molar-refractivity contribution in [3.63, 3.8) is 0 Å². The average molecular weight is 278 g/mol. The molecule has 0 saturated carbocycles. The molecule has 0 rings (SSSR count). The molecule has 0 unspecified atom stereocenters. The van der Waals surface area contributed by atoms with Crippen LogP contribution in [-0.4, -0.2) is 0 Å². The van der Waals surface area contributed by atoms with Crippen molar-refractivity contribution in [1.82, 2.24) is 0 Å². The van der Waals surface area contributed by atoms with Crippen LogP contribution in [0.2, 0.25) is 0 Å². The predicted octanol–water partition coefficient (Wildman–Crippen LogP) is 7.09. The van der Waals surface area contributed by atoms with E-state index >= 15 is 0 Å². The Morgan fingerprint density at radius 3 is 1.40 bits per heavy atom. The molecule has 0 spiro atoms. The first-order valence-electron chi connectivity index (χ1n) is 9.16. The van der Waals surface area contributed by atoms with Crippen LogP contribution in [0, 0.1) is 18.8 Å². The highest BCUT2D eigenvalue weighted by Crippen LogP contribution is 2.09. The maximum atomic E-state index is 3.87. The molecule has 0 fully saturated rings. The smallest absolute Gasteiger partial charge is 0.0850 e. The van der Waals surface area contributed by atoms with Crippen LogP contribution in [0.15, 0.2) is 0 Å². The molecule has 0 aromatic rings. The lowest BCUT2D eigenvalue weighted by Crippen LogP contribution is -1.80. The molecular weight excluding hydrogens is 240 g/mol. The third kappa shape index (κ3) is 17.4. The molecule has 0 heterocycles. The predicted molar refractivity (Wildman–Crippen MR) is 92.7 cm³/mol. The van der Waals surface area contributed by atoms with Gasteiger partial charge in [-0.3, -0.25) is 0 Å². The first kappa shape index (κ1) is 19.4. The zero-order chi connectivity index (χ0) is 14.7. The molecule has 0 aliphatic heterocycles. The van der Waals surface area contributed by atoms with Crippen LogP contribution in [0.4, 0.5) is 0 Å². The van der Waals surface area contributed by atoms with Gasteiger partial charge >= 0.3 is 0 Å². The Labute approximate surface area is 129 Å². The highest BCUT2D eigenvalue weighted by atomic mass is 14.0. The Bertz CT molecular complexity index is 218. The third-order valence-electron chi connectivity index (χ3n) is 3.83. The molecular formula is C20H37+. The van der Waals surface area contributed by atoms with E-state index in [1.807, 2.05) is 0 Å². The topological polar surface area (TPSA) is 0 Å². The van der Waals surface area contributed by atoms with E-state index in [4.69, 9.17) is 0 Å². The minimum atomic E-state index is 1.10. The standard InChI is InChI=1S/C20H37/c1-3-5-7-9-11-13-15-17-19-20-18-16-14-12-10-8-6-4-2/h1,3-16,18,20H2,2H3/q+1. The molecule has 0 heteroatoms. The Hall–Kier alpha value is -0.570. The third-order valence-corrected chi connectivity index (χ3v) is 3.83. The zero-order valence-corrected chi connectivity index (χ0v) is 14.0. The van der Waals surface area contributed by atoms with Gasteiger partial charge in [0.05, 0.1) is 13.3 Å². The van der Waals surface area contributed by atoms with Crippen LogP contribution in [0.5, 0.6) is 0 Å². The summed E-state index contributed by atoms with van der Waals surface area (Å²) >= 11 is 0. The molecule has 20 heavy (non-hydrogen) atoms. The summed E-state index contributed by atoms with van der Waals surface area (Å²) < 4.78 is 0. The lowest BCUT2D eigenvalue weighted by Gasteiger charge is -1.99. The average Bonchev–Trinajstić information content (AvgIpc) is 2.47. The van der Waals surface area contributed by atoms with Crippen LogP contribution >= 0.6 is 0 Å². The van der Waals surface area contributed by atoms with E-state index in [0.717, 1.165) is 19.3 Å². The molecule has 0 nitrogen and oxygen atoms in total. The van der Waals surface area contributed by atoms with Crippen molar-refractivity contribution in [3.05, 3.63) is 6.92 Å². The zero-order valence-electron chi connectivity index (χ0n) is 14.0. The lowest BCUT2D eigenvalue weighted by atomic mass is 10.1. The van der Waals surface area contributed by atoms with Crippen molar-refractivity contribution in [2.45, 2.75) is 110 Å². The summed E-state index contributed by atoms with van der Waals surface area (Å²) in [5, 5.41) is 0. The largest absolute Gasteiger partial charge is 0.103 e. The number of unbranched alkanes of at least 4 members (excludes halogenated alkanes) is 14. The Morgan fingerprint density at radius 1 is 0.550 bits per heavy atom. The van der Waals surface area contributed by atoms with Gasteiger partial charge in [-0.05, 0) is 25.7 Å².